The van der Waals surface area contributed by atoms with Crippen molar-refractivity contribution in [3.05, 3.63) is 59.8 Å². The molecule has 1 heterocycles. The van der Waals surface area contributed by atoms with Crippen LogP contribution in [0.5, 0.6) is 5.75 Å². The maximum atomic E-state index is 11.1. The van der Waals surface area contributed by atoms with E-state index in [1.165, 1.54) is 5.56 Å². The van der Waals surface area contributed by atoms with Crippen LogP contribution in [0.1, 0.15) is 49.5 Å². The molecule has 1 aromatic heterocycles. The lowest BCUT2D eigenvalue weighted by atomic mass is 10.00. The van der Waals surface area contributed by atoms with Crippen LogP contribution in [0, 0.1) is 0 Å². The summed E-state index contributed by atoms with van der Waals surface area (Å²) in [5.74, 6) is 0.879. The molecule has 0 radical (unpaired) electrons. The monoisotopic (exact) mass is 379 g/mol. The predicted molar refractivity (Wildman–Crippen MR) is 113 cm³/mol. The molecule has 3 nitrogen and oxygen atoms in total. The van der Waals surface area contributed by atoms with Crippen molar-refractivity contribution >= 4 is 17.6 Å². The van der Waals surface area contributed by atoms with E-state index in [0.29, 0.717) is 0 Å². The maximum Gasteiger partial charge on any atom is 0.150 e. The minimum absolute atomic E-state index is 0.168. The van der Waals surface area contributed by atoms with Gasteiger partial charge in [0, 0.05) is 17.3 Å². The number of hydrogen-bond donors (Lipinski definition) is 0. The first-order chi connectivity index (χ1) is 13.1. The van der Waals surface area contributed by atoms with Crippen LogP contribution >= 0.6 is 11.3 Å². The van der Waals surface area contributed by atoms with Crippen molar-refractivity contribution in [1.82, 2.24) is 4.98 Å². The van der Waals surface area contributed by atoms with Gasteiger partial charge in [0.2, 0.25) is 0 Å². The Labute approximate surface area is 165 Å². The van der Waals surface area contributed by atoms with E-state index in [1.807, 2.05) is 50.4 Å². The lowest BCUT2D eigenvalue weighted by Crippen LogP contribution is -2.04. The molecule has 0 saturated carbocycles. The molecule has 3 aromatic rings. The van der Waals surface area contributed by atoms with E-state index in [2.05, 4.69) is 24.0 Å². The third-order valence-corrected chi connectivity index (χ3v) is 5.39. The number of carbonyl (C=O) groups is 1. The molecule has 3 rings (SSSR count). The third kappa shape index (κ3) is 4.83. The Kier molecular flexibility index (Phi) is 6.40. The van der Waals surface area contributed by atoms with Gasteiger partial charge in [0.15, 0.2) is 0 Å². The highest BCUT2D eigenvalue weighted by Crippen LogP contribution is 2.35. The molecule has 0 amide bonds. The summed E-state index contributed by atoms with van der Waals surface area (Å²) >= 11 is 1.68. The van der Waals surface area contributed by atoms with E-state index in [4.69, 9.17) is 4.74 Å². The Morgan fingerprint density at radius 2 is 1.93 bits per heavy atom. The number of benzene rings is 2. The van der Waals surface area contributed by atoms with Gasteiger partial charge >= 0.3 is 0 Å². The van der Waals surface area contributed by atoms with Crippen LogP contribution < -0.4 is 4.74 Å². The number of aldehydes is 1. The van der Waals surface area contributed by atoms with Gasteiger partial charge in [-0.1, -0.05) is 25.5 Å². The van der Waals surface area contributed by atoms with Gasteiger partial charge in [0.1, 0.15) is 17.0 Å². The van der Waals surface area contributed by atoms with Crippen molar-refractivity contribution in [3.8, 4) is 26.8 Å². The highest BCUT2D eigenvalue weighted by atomic mass is 32.1. The summed E-state index contributed by atoms with van der Waals surface area (Å²) in [6.45, 7) is 6.22. The minimum atomic E-state index is 0.168. The topological polar surface area (TPSA) is 39.2 Å². The molecule has 0 aliphatic carbocycles. The molecule has 0 spiro atoms. The number of aromatic nitrogens is 1. The Morgan fingerprint density at radius 3 is 2.59 bits per heavy atom. The van der Waals surface area contributed by atoms with Crippen molar-refractivity contribution in [1.29, 1.82) is 0 Å². The van der Waals surface area contributed by atoms with Crippen molar-refractivity contribution in [2.75, 3.05) is 0 Å². The molecule has 0 N–H and O–H groups in total. The zero-order valence-corrected chi connectivity index (χ0v) is 16.9. The summed E-state index contributed by atoms with van der Waals surface area (Å²) in [5, 5.41) is 0.996. The van der Waals surface area contributed by atoms with E-state index in [1.54, 1.807) is 11.3 Å². The van der Waals surface area contributed by atoms with Gasteiger partial charge in [0.25, 0.3) is 0 Å². The average molecular weight is 380 g/mol. The second kappa shape index (κ2) is 8.96. The Hall–Kier alpha value is -2.46. The molecule has 4 heteroatoms. The second-order valence-electron chi connectivity index (χ2n) is 6.86. The molecule has 0 saturated heterocycles. The van der Waals surface area contributed by atoms with Crippen molar-refractivity contribution in [2.45, 2.75) is 46.1 Å². The van der Waals surface area contributed by atoms with E-state index >= 15 is 0 Å². The van der Waals surface area contributed by atoms with Crippen molar-refractivity contribution < 1.29 is 9.53 Å². The molecular formula is C23H25NO2S. The molecule has 140 valence electrons. The zero-order valence-electron chi connectivity index (χ0n) is 16.1. The number of nitrogens with zero attached hydrogens (tertiary/aromatic N) is 1. The molecule has 0 bridgehead atoms. The first kappa shape index (κ1) is 19.3. The minimum Gasteiger partial charge on any atom is -0.491 e. The molecule has 2 aromatic carbocycles. The SMILES string of the molecule is CCCCc1cc(C=O)ccc1-c1ncc(-c2ccc(OC(C)C)cc2)s1. The molecule has 0 fully saturated rings. The van der Waals surface area contributed by atoms with E-state index in [9.17, 15) is 4.79 Å². The number of unbranched alkanes of at least 4 members (excludes halogenated alkanes) is 1. The fraction of sp³-hybridized carbons (Fsp3) is 0.304. The van der Waals surface area contributed by atoms with Gasteiger partial charge in [-0.2, -0.15) is 0 Å². The summed E-state index contributed by atoms with van der Waals surface area (Å²) in [5.41, 5.74) is 4.19. The van der Waals surface area contributed by atoms with Crippen molar-refractivity contribution in [2.24, 2.45) is 0 Å². The first-order valence-corrected chi connectivity index (χ1v) is 10.2. The standard InChI is InChI=1S/C23H25NO2S/c1-4-5-6-19-13-17(15-25)7-12-21(19)23-24-14-22(27-23)18-8-10-20(11-9-18)26-16(2)3/h7-16H,4-6H2,1-3H3. The van der Waals surface area contributed by atoms with E-state index in [0.717, 1.165) is 57.9 Å². The Balaban J connectivity index is 1.88. The van der Waals surface area contributed by atoms with E-state index < -0.39 is 0 Å². The largest absolute Gasteiger partial charge is 0.491 e. The molecule has 0 unspecified atom stereocenters. The van der Waals surface area contributed by atoms with Gasteiger partial charge in [0.05, 0.1) is 11.0 Å². The normalized spacial score (nSPS) is 11.0. The quantitative estimate of drug-likeness (QED) is 0.424. The summed E-state index contributed by atoms with van der Waals surface area (Å²) in [6, 6.07) is 14.0. The number of rotatable bonds is 8. The molecule has 27 heavy (non-hydrogen) atoms. The highest BCUT2D eigenvalue weighted by molar-refractivity contribution is 7.18. The molecule has 0 aliphatic heterocycles. The summed E-state index contributed by atoms with van der Waals surface area (Å²) in [4.78, 5) is 16.9. The van der Waals surface area contributed by atoms with Crippen LogP contribution in [-0.2, 0) is 6.42 Å². The van der Waals surface area contributed by atoms with Crippen LogP contribution in [0.3, 0.4) is 0 Å². The fourth-order valence-corrected chi connectivity index (χ4v) is 3.95. The van der Waals surface area contributed by atoms with Crippen LogP contribution in [0.15, 0.2) is 48.7 Å². The lowest BCUT2D eigenvalue weighted by molar-refractivity contribution is 0.112. The van der Waals surface area contributed by atoms with Gasteiger partial charge in [-0.15, -0.1) is 11.3 Å². The van der Waals surface area contributed by atoms with Crippen LogP contribution in [0.25, 0.3) is 21.0 Å². The third-order valence-electron chi connectivity index (χ3n) is 4.31. The Bertz CT molecular complexity index is 897. The summed E-state index contributed by atoms with van der Waals surface area (Å²) < 4.78 is 5.71. The van der Waals surface area contributed by atoms with Crippen LogP contribution in [0.2, 0.25) is 0 Å². The average Bonchev–Trinajstić information content (AvgIpc) is 3.16. The van der Waals surface area contributed by atoms with Gasteiger partial charge < -0.3 is 4.74 Å². The van der Waals surface area contributed by atoms with Gasteiger partial charge in [-0.05, 0) is 68.1 Å². The predicted octanol–water partition coefficient (Wildman–Crippen LogP) is 6.42. The molecular weight excluding hydrogens is 354 g/mol. The molecule has 0 aliphatic rings. The van der Waals surface area contributed by atoms with Crippen LogP contribution in [-0.4, -0.2) is 17.4 Å². The fourth-order valence-electron chi connectivity index (χ4n) is 2.97. The number of thiazole rings is 1. The van der Waals surface area contributed by atoms with Gasteiger partial charge in [-0.25, -0.2) is 4.98 Å². The molecule has 0 atom stereocenters. The summed E-state index contributed by atoms with van der Waals surface area (Å²) in [6.07, 6.45) is 6.19. The summed E-state index contributed by atoms with van der Waals surface area (Å²) in [7, 11) is 0. The van der Waals surface area contributed by atoms with Crippen molar-refractivity contribution in [3.63, 3.8) is 0 Å². The first-order valence-electron chi connectivity index (χ1n) is 9.42. The zero-order chi connectivity index (χ0) is 19.2. The maximum absolute atomic E-state index is 11.1. The van der Waals surface area contributed by atoms with E-state index in [-0.39, 0.29) is 6.10 Å². The number of ether oxygens (including phenoxy) is 1. The highest BCUT2D eigenvalue weighted by Gasteiger charge is 2.12. The van der Waals surface area contributed by atoms with Gasteiger partial charge in [-0.3, -0.25) is 4.79 Å². The number of hydrogen-bond acceptors (Lipinski definition) is 4. The smallest absolute Gasteiger partial charge is 0.150 e. The number of aryl methyl sites for hydroxylation is 1. The second-order valence-corrected chi connectivity index (χ2v) is 7.89. The Morgan fingerprint density at radius 1 is 1.15 bits per heavy atom. The van der Waals surface area contributed by atoms with Crippen LogP contribution in [0.4, 0.5) is 0 Å². The number of carbonyl (C=O) groups excluding carboxylic acids is 1. The lowest BCUT2D eigenvalue weighted by Gasteiger charge is -2.09.